The Kier molecular flexibility index (Phi) is 8.28. The van der Waals surface area contributed by atoms with Crippen LogP contribution in [0.1, 0.15) is 58.9 Å². The summed E-state index contributed by atoms with van der Waals surface area (Å²) >= 11 is 0. The van der Waals surface area contributed by atoms with Crippen molar-refractivity contribution in [3.05, 3.63) is 29.8 Å². The summed E-state index contributed by atoms with van der Waals surface area (Å²) in [5.41, 5.74) is 2.05. The van der Waals surface area contributed by atoms with Crippen LogP contribution in [0.15, 0.2) is 24.3 Å². The second kappa shape index (κ2) is 9.68. The van der Waals surface area contributed by atoms with Gasteiger partial charge >= 0.3 is 0 Å². The van der Waals surface area contributed by atoms with Crippen molar-refractivity contribution < 1.29 is 9.90 Å². The minimum Gasteiger partial charge on any atom is -0.393 e. The van der Waals surface area contributed by atoms with Gasteiger partial charge in [0.25, 0.3) is 0 Å². The first-order chi connectivity index (χ1) is 10.8. The van der Waals surface area contributed by atoms with E-state index in [9.17, 15) is 9.90 Å². The molecule has 3 N–H and O–H groups in total. The van der Waals surface area contributed by atoms with Gasteiger partial charge in [-0.2, -0.15) is 0 Å². The minimum atomic E-state index is -0.290. The molecule has 0 heterocycles. The number of carbonyl (C=O) groups excluding carboxylic acids is 1. The van der Waals surface area contributed by atoms with Crippen molar-refractivity contribution in [3.8, 4) is 0 Å². The highest BCUT2D eigenvalue weighted by atomic mass is 16.3. The van der Waals surface area contributed by atoms with Crippen molar-refractivity contribution in [1.29, 1.82) is 0 Å². The number of anilines is 1. The average molecular weight is 320 g/mol. The zero-order valence-corrected chi connectivity index (χ0v) is 15.1. The van der Waals surface area contributed by atoms with Gasteiger partial charge in [-0.15, -0.1) is 0 Å². The Hall–Kier alpha value is -1.39. The first kappa shape index (κ1) is 19.7. The number of nitrogens with one attached hydrogen (secondary N) is 2. The topological polar surface area (TPSA) is 61.4 Å². The number of para-hydroxylation sites is 1. The molecular weight excluding hydrogens is 288 g/mol. The van der Waals surface area contributed by atoms with Gasteiger partial charge in [-0.1, -0.05) is 45.9 Å². The summed E-state index contributed by atoms with van der Waals surface area (Å²) in [6.45, 7) is 11.0. The Bertz CT molecular complexity index is 486. The molecule has 23 heavy (non-hydrogen) atoms. The van der Waals surface area contributed by atoms with E-state index in [1.807, 2.05) is 39.0 Å². The van der Waals surface area contributed by atoms with Crippen molar-refractivity contribution in [2.45, 2.75) is 65.5 Å². The Morgan fingerprint density at radius 2 is 1.78 bits per heavy atom. The summed E-state index contributed by atoms with van der Waals surface area (Å²) in [6, 6.07) is 8.02. The monoisotopic (exact) mass is 320 g/mol. The molecule has 1 rings (SSSR count). The molecule has 0 saturated heterocycles. The fourth-order valence-electron chi connectivity index (χ4n) is 2.48. The van der Waals surface area contributed by atoms with E-state index < -0.39 is 0 Å². The lowest BCUT2D eigenvalue weighted by molar-refractivity contribution is -0.116. The molecule has 1 aromatic carbocycles. The molecule has 0 aliphatic heterocycles. The molecule has 130 valence electrons. The second-order valence-corrected chi connectivity index (χ2v) is 6.95. The van der Waals surface area contributed by atoms with Crippen LogP contribution >= 0.6 is 0 Å². The zero-order chi connectivity index (χ0) is 17.4. The van der Waals surface area contributed by atoms with Gasteiger partial charge in [0.1, 0.15) is 0 Å². The maximum atomic E-state index is 12.2. The fourth-order valence-corrected chi connectivity index (χ4v) is 2.48. The van der Waals surface area contributed by atoms with Gasteiger partial charge in [-0.05, 0) is 43.4 Å². The summed E-state index contributed by atoms with van der Waals surface area (Å²) in [4.78, 5) is 12.2. The normalized spacial score (nSPS) is 14.1. The molecule has 0 aliphatic carbocycles. The number of carbonyl (C=O) groups is 1. The molecule has 0 saturated carbocycles. The van der Waals surface area contributed by atoms with Crippen LogP contribution < -0.4 is 10.6 Å². The quantitative estimate of drug-likeness (QED) is 0.652. The van der Waals surface area contributed by atoms with E-state index in [1.165, 1.54) is 0 Å². The zero-order valence-electron chi connectivity index (χ0n) is 15.1. The number of rotatable bonds is 9. The molecule has 0 bridgehead atoms. The van der Waals surface area contributed by atoms with E-state index in [4.69, 9.17) is 0 Å². The molecule has 0 radical (unpaired) electrons. The van der Waals surface area contributed by atoms with E-state index >= 15 is 0 Å². The Balaban J connectivity index is 2.42. The summed E-state index contributed by atoms with van der Waals surface area (Å²) in [5, 5.41) is 16.1. The molecule has 0 aromatic heterocycles. The van der Waals surface area contributed by atoms with Crippen LogP contribution in [0, 0.1) is 5.92 Å². The lowest BCUT2D eigenvalue weighted by atomic mass is 10.0. The molecule has 0 aliphatic rings. The first-order valence-corrected chi connectivity index (χ1v) is 8.61. The van der Waals surface area contributed by atoms with Gasteiger partial charge in [-0.3, -0.25) is 4.79 Å². The van der Waals surface area contributed by atoms with Crippen LogP contribution in [-0.2, 0) is 4.79 Å². The van der Waals surface area contributed by atoms with Crippen molar-refractivity contribution in [2.75, 3.05) is 11.9 Å². The maximum absolute atomic E-state index is 12.2. The fraction of sp³-hybridized carbons (Fsp3) is 0.632. The van der Waals surface area contributed by atoms with Gasteiger partial charge in [0.2, 0.25) is 5.91 Å². The SMILES string of the molecule is CC(CC(=O)Nc1ccccc1C(C)C)NCCC(O)C(C)C. The first-order valence-electron chi connectivity index (χ1n) is 8.61. The molecule has 1 aromatic rings. The van der Waals surface area contributed by atoms with Crippen molar-refractivity contribution >= 4 is 11.6 Å². The van der Waals surface area contributed by atoms with Crippen molar-refractivity contribution in [2.24, 2.45) is 5.92 Å². The highest BCUT2D eigenvalue weighted by molar-refractivity contribution is 5.91. The van der Waals surface area contributed by atoms with E-state index in [0.717, 1.165) is 17.8 Å². The lowest BCUT2D eigenvalue weighted by Gasteiger charge is -2.18. The molecular formula is C19H32N2O2. The largest absolute Gasteiger partial charge is 0.393 e. The third-order valence-corrected chi connectivity index (χ3v) is 4.05. The van der Waals surface area contributed by atoms with Crippen molar-refractivity contribution in [1.82, 2.24) is 5.32 Å². The minimum absolute atomic E-state index is 0.0162. The summed E-state index contributed by atoms with van der Waals surface area (Å²) in [7, 11) is 0. The number of hydrogen-bond donors (Lipinski definition) is 3. The van der Waals surface area contributed by atoms with E-state index in [0.29, 0.717) is 18.8 Å². The number of amides is 1. The molecule has 0 spiro atoms. The molecule has 4 nitrogen and oxygen atoms in total. The van der Waals surface area contributed by atoms with Gasteiger partial charge in [0, 0.05) is 18.2 Å². The van der Waals surface area contributed by atoms with E-state index in [1.54, 1.807) is 0 Å². The second-order valence-electron chi connectivity index (χ2n) is 6.95. The highest BCUT2D eigenvalue weighted by Gasteiger charge is 2.13. The predicted octanol–water partition coefficient (Wildman–Crippen LogP) is 3.52. The molecule has 4 heteroatoms. The van der Waals surface area contributed by atoms with Crippen LogP contribution in [0.3, 0.4) is 0 Å². The lowest BCUT2D eigenvalue weighted by Crippen LogP contribution is -2.33. The summed E-state index contributed by atoms with van der Waals surface area (Å²) in [6.07, 6.45) is 0.839. The van der Waals surface area contributed by atoms with Crippen molar-refractivity contribution in [3.63, 3.8) is 0 Å². The Labute approximate surface area is 140 Å². The van der Waals surface area contributed by atoms with Crippen LogP contribution in [0.5, 0.6) is 0 Å². The Morgan fingerprint density at radius 1 is 1.13 bits per heavy atom. The van der Waals surface area contributed by atoms with Crippen LogP contribution in [0.25, 0.3) is 0 Å². The molecule has 2 atom stereocenters. The average Bonchev–Trinajstić information content (AvgIpc) is 2.47. The smallest absolute Gasteiger partial charge is 0.225 e. The molecule has 1 amide bonds. The third kappa shape index (κ3) is 7.14. The maximum Gasteiger partial charge on any atom is 0.225 e. The highest BCUT2D eigenvalue weighted by Crippen LogP contribution is 2.23. The number of aliphatic hydroxyl groups is 1. The van der Waals surface area contributed by atoms with Gasteiger partial charge in [-0.25, -0.2) is 0 Å². The standard InChI is InChI=1S/C19H32N2O2/c1-13(2)16-8-6-7-9-17(16)21-19(23)12-15(5)20-11-10-18(22)14(3)4/h6-9,13-15,18,20,22H,10-12H2,1-5H3,(H,21,23). The Morgan fingerprint density at radius 3 is 2.39 bits per heavy atom. The molecule has 2 unspecified atom stereocenters. The van der Waals surface area contributed by atoms with Crippen LogP contribution in [-0.4, -0.2) is 29.7 Å². The summed E-state index contributed by atoms with van der Waals surface area (Å²) in [5.74, 6) is 0.657. The summed E-state index contributed by atoms with van der Waals surface area (Å²) < 4.78 is 0. The van der Waals surface area contributed by atoms with Gasteiger partial charge in [0.05, 0.1) is 6.10 Å². The van der Waals surface area contributed by atoms with Crippen LogP contribution in [0.2, 0.25) is 0 Å². The third-order valence-electron chi connectivity index (χ3n) is 4.05. The predicted molar refractivity (Wildman–Crippen MR) is 96.7 cm³/mol. The molecule has 0 fully saturated rings. The van der Waals surface area contributed by atoms with E-state index in [2.05, 4.69) is 30.5 Å². The van der Waals surface area contributed by atoms with Crippen LogP contribution in [0.4, 0.5) is 5.69 Å². The van der Waals surface area contributed by atoms with Gasteiger partial charge in [0.15, 0.2) is 0 Å². The van der Waals surface area contributed by atoms with E-state index in [-0.39, 0.29) is 24.0 Å². The number of aliphatic hydroxyl groups excluding tert-OH is 1. The number of benzene rings is 1. The van der Waals surface area contributed by atoms with Gasteiger partial charge < -0.3 is 15.7 Å². The number of hydrogen-bond acceptors (Lipinski definition) is 3.